The number of aliphatic imine (C=N–C) groups is 1. The summed E-state index contributed by atoms with van der Waals surface area (Å²) < 4.78 is 5.54. The van der Waals surface area contributed by atoms with Crippen molar-refractivity contribution in [3.05, 3.63) is 35.9 Å². The number of guanidine groups is 1. The second kappa shape index (κ2) is 12.1. The molecule has 2 atom stereocenters. The molecule has 0 amide bonds. The number of halogens is 1. The van der Waals surface area contributed by atoms with E-state index in [9.17, 15) is 0 Å². The maximum atomic E-state index is 5.54. The summed E-state index contributed by atoms with van der Waals surface area (Å²) in [5.74, 6) is 1.64. The zero-order valence-corrected chi connectivity index (χ0v) is 20.7. The summed E-state index contributed by atoms with van der Waals surface area (Å²) in [4.78, 5) is 7.37. The lowest BCUT2D eigenvalue weighted by Gasteiger charge is -2.34. The van der Waals surface area contributed by atoms with Crippen molar-refractivity contribution in [2.75, 3.05) is 39.9 Å². The maximum Gasteiger partial charge on any atom is 0.193 e. The lowest BCUT2D eigenvalue weighted by atomic mass is 9.95. The van der Waals surface area contributed by atoms with Crippen LogP contribution in [0.1, 0.15) is 57.6 Å². The number of rotatable bonds is 8. The normalized spacial score (nSPS) is 22.2. The highest BCUT2D eigenvalue weighted by atomic mass is 127. The Hall–Kier alpha value is -0.860. The molecule has 1 aliphatic carbocycles. The molecule has 164 valence electrons. The first-order chi connectivity index (χ1) is 13.6. The van der Waals surface area contributed by atoms with Gasteiger partial charge in [0.2, 0.25) is 0 Å². The molecule has 1 aromatic carbocycles. The number of nitrogens with one attached hydrogen (secondary N) is 2. The van der Waals surface area contributed by atoms with Crippen LogP contribution in [0.3, 0.4) is 0 Å². The van der Waals surface area contributed by atoms with Gasteiger partial charge < -0.3 is 20.3 Å². The van der Waals surface area contributed by atoms with Crippen LogP contribution in [0.15, 0.2) is 35.3 Å². The smallest absolute Gasteiger partial charge is 0.193 e. The van der Waals surface area contributed by atoms with Crippen LogP contribution in [0.4, 0.5) is 0 Å². The molecule has 3 rings (SSSR count). The van der Waals surface area contributed by atoms with Gasteiger partial charge in [-0.1, -0.05) is 43.2 Å². The molecule has 0 spiro atoms. The van der Waals surface area contributed by atoms with Crippen LogP contribution in [-0.4, -0.2) is 56.3 Å². The van der Waals surface area contributed by atoms with Crippen molar-refractivity contribution >= 4 is 29.9 Å². The lowest BCUT2D eigenvalue weighted by molar-refractivity contribution is 0.181. The molecular weight excluding hydrogens is 475 g/mol. The van der Waals surface area contributed by atoms with E-state index in [0.29, 0.717) is 12.0 Å². The number of nitrogens with zero attached hydrogens (tertiary/aromatic N) is 2. The Morgan fingerprint density at radius 3 is 2.62 bits per heavy atom. The van der Waals surface area contributed by atoms with Crippen molar-refractivity contribution in [2.24, 2.45) is 10.9 Å². The summed E-state index contributed by atoms with van der Waals surface area (Å²) >= 11 is 0. The minimum absolute atomic E-state index is 0. The van der Waals surface area contributed by atoms with E-state index >= 15 is 0 Å². The van der Waals surface area contributed by atoms with E-state index in [0.717, 1.165) is 45.2 Å². The third-order valence-electron chi connectivity index (χ3n) is 6.17. The average molecular weight is 514 g/mol. The Labute approximate surface area is 194 Å². The molecule has 1 heterocycles. The third kappa shape index (κ3) is 7.10. The van der Waals surface area contributed by atoms with Gasteiger partial charge in [-0.2, -0.15) is 0 Å². The summed E-state index contributed by atoms with van der Waals surface area (Å²) in [6, 6.07) is 11.1. The van der Waals surface area contributed by atoms with Crippen LogP contribution < -0.4 is 10.6 Å². The number of hydrogen-bond acceptors (Lipinski definition) is 3. The highest BCUT2D eigenvalue weighted by Gasteiger charge is 2.35. The molecule has 5 nitrogen and oxygen atoms in total. The standard InChI is InChI=1S/C23H38N4O.HI/c1-4-24-22(27(3)16-20-12-15-28-17-20)25-18-23(13-8-9-14-23)26-19(2)21-10-6-5-7-11-21;/h5-7,10-11,19-20,26H,4,8-9,12-18H2,1-3H3,(H,24,25);1H. The molecule has 2 aliphatic rings. The first-order valence-electron chi connectivity index (χ1n) is 11.0. The topological polar surface area (TPSA) is 48.9 Å². The van der Waals surface area contributed by atoms with Gasteiger partial charge in [-0.3, -0.25) is 4.99 Å². The van der Waals surface area contributed by atoms with E-state index in [2.05, 4.69) is 66.8 Å². The summed E-state index contributed by atoms with van der Waals surface area (Å²) in [7, 11) is 2.15. The van der Waals surface area contributed by atoms with Crippen molar-refractivity contribution < 1.29 is 4.74 Å². The Bertz CT molecular complexity index is 613. The van der Waals surface area contributed by atoms with E-state index in [4.69, 9.17) is 9.73 Å². The Kier molecular flexibility index (Phi) is 10.2. The van der Waals surface area contributed by atoms with Crippen LogP contribution >= 0.6 is 24.0 Å². The number of benzene rings is 1. The fraction of sp³-hybridized carbons (Fsp3) is 0.696. The Morgan fingerprint density at radius 1 is 1.28 bits per heavy atom. The van der Waals surface area contributed by atoms with Crippen molar-refractivity contribution in [1.82, 2.24) is 15.5 Å². The summed E-state index contributed by atoms with van der Waals surface area (Å²) in [5, 5.41) is 7.43. The van der Waals surface area contributed by atoms with Gasteiger partial charge in [0.05, 0.1) is 13.2 Å². The summed E-state index contributed by atoms with van der Waals surface area (Å²) in [6.45, 7) is 8.93. The van der Waals surface area contributed by atoms with E-state index < -0.39 is 0 Å². The van der Waals surface area contributed by atoms with E-state index in [1.165, 1.54) is 31.2 Å². The largest absolute Gasteiger partial charge is 0.381 e. The first-order valence-corrected chi connectivity index (χ1v) is 11.0. The highest BCUT2D eigenvalue weighted by Crippen LogP contribution is 2.32. The minimum atomic E-state index is 0. The zero-order chi connectivity index (χ0) is 19.8. The predicted molar refractivity (Wildman–Crippen MR) is 132 cm³/mol. The highest BCUT2D eigenvalue weighted by molar-refractivity contribution is 14.0. The van der Waals surface area contributed by atoms with Gasteiger partial charge in [-0.15, -0.1) is 24.0 Å². The second-order valence-corrected chi connectivity index (χ2v) is 8.54. The molecule has 0 bridgehead atoms. The minimum Gasteiger partial charge on any atom is -0.381 e. The lowest BCUT2D eigenvalue weighted by Crippen LogP contribution is -2.48. The van der Waals surface area contributed by atoms with Crippen LogP contribution in [0, 0.1) is 5.92 Å². The Morgan fingerprint density at radius 2 is 2.00 bits per heavy atom. The molecule has 29 heavy (non-hydrogen) atoms. The molecule has 1 saturated carbocycles. The van der Waals surface area contributed by atoms with Gasteiger partial charge in [-0.05, 0) is 38.7 Å². The van der Waals surface area contributed by atoms with Crippen molar-refractivity contribution in [2.45, 2.75) is 57.5 Å². The molecular formula is C23H39IN4O. The molecule has 1 aliphatic heterocycles. The molecule has 2 fully saturated rings. The molecule has 0 radical (unpaired) electrons. The number of ether oxygens (including phenoxy) is 1. The predicted octanol–water partition coefficient (Wildman–Crippen LogP) is 4.20. The van der Waals surface area contributed by atoms with E-state index in [1.54, 1.807) is 0 Å². The maximum absolute atomic E-state index is 5.54. The van der Waals surface area contributed by atoms with Gasteiger partial charge >= 0.3 is 0 Å². The quantitative estimate of drug-likeness (QED) is 0.310. The summed E-state index contributed by atoms with van der Waals surface area (Å²) in [5.41, 5.74) is 1.45. The second-order valence-electron chi connectivity index (χ2n) is 8.54. The summed E-state index contributed by atoms with van der Waals surface area (Å²) in [6.07, 6.45) is 6.13. The fourth-order valence-corrected chi connectivity index (χ4v) is 4.58. The van der Waals surface area contributed by atoms with E-state index in [-0.39, 0.29) is 29.5 Å². The van der Waals surface area contributed by atoms with Crippen LogP contribution in [0.2, 0.25) is 0 Å². The first kappa shape index (κ1) is 24.4. The Balaban J connectivity index is 0.00000300. The van der Waals surface area contributed by atoms with Gasteiger partial charge in [-0.25, -0.2) is 0 Å². The molecule has 1 aromatic rings. The van der Waals surface area contributed by atoms with Gasteiger partial charge in [0.15, 0.2) is 5.96 Å². The zero-order valence-electron chi connectivity index (χ0n) is 18.3. The van der Waals surface area contributed by atoms with Gasteiger partial charge in [0.1, 0.15) is 0 Å². The van der Waals surface area contributed by atoms with Gasteiger partial charge in [0.25, 0.3) is 0 Å². The van der Waals surface area contributed by atoms with Crippen LogP contribution in [0.25, 0.3) is 0 Å². The molecule has 1 saturated heterocycles. The molecule has 6 heteroatoms. The number of hydrogen-bond donors (Lipinski definition) is 2. The third-order valence-corrected chi connectivity index (χ3v) is 6.17. The van der Waals surface area contributed by atoms with Crippen LogP contribution in [0.5, 0.6) is 0 Å². The molecule has 2 N–H and O–H groups in total. The van der Waals surface area contributed by atoms with Crippen molar-refractivity contribution in [3.8, 4) is 0 Å². The SMILES string of the molecule is CCNC(=NCC1(NC(C)c2ccccc2)CCCC1)N(C)CC1CCOC1.I. The van der Waals surface area contributed by atoms with E-state index in [1.807, 2.05) is 0 Å². The average Bonchev–Trinajstić information content (AvgIpc) is 3.38. The van der Waals surface area contributed by atoms with Gasteiger partial charge in [0, 0.05) is 44.2 Å². The molecule has 0 aromatic heterocycles. The van der Waals surface area contributed by atoms with Crippen molar-refractivity contribution in [1.29, 1.82) is 0 Å². The van der Waals surface area contributed by atoms with Crippen LogP contribution in [-0.2, 0) is 4.74 Å². The van der Waals surface area contributed by atoms with Crippen molar-refractivity contribution in [3.63, 3.8) is 0 Å². The molecule has 2 unspecified atom stereocenters. The monoisotopic (exact) mass is 514 g/mol. The fourth-order valence-electron chi connectivity index (χ4n) is 4.58.